The van der Waals surface area contributed by atoms with Crippen molar-refractivity contribution >= 4 is 18.5 Å². The van der Waals surface area contributed by atoms with Crippen LogP contribution in [0.5, 0.6) is 0 Å². The molecule has 0 heterocycles. The Labute approximate surface area is 89.0 Å². The SMILES string of the molecule is CCC(C)(P)C(C)C(C)C(C)(C)P. The van der Waals surface area contributed by atoms with Crippen LogP contribution in [0.2, 0.25) is 0 Å². The van der Waals surface area contributed by atoms with Gasteiger partial charge >= 0.3 is 0 Å². The summed E-state index contributed by atoms with van der Waals surface area (Å²) >= 11 is 0. The third-order valence-corrected chi connectivity index (χ3v) is 5.19. The first-order valence-corrected chi connectivity index (χ1v) is 6.36. The van der Waals surface area contributed by atoms with Crippen molar-refractivity contribution in [2.24, 2.45) is 11.8 Å². The largest absolute Gasteiger partial charge is 0.131 e. The molecule has 2 heteroatoms. The zero-order valence-electron chi connectivity index (χ0n) is 10.0. The van der Waals surface area contributed by atoms with Gasteiger partial charge in [0.2, 0.25) is 0 Å². The van der Waals surface area contributed by atoms with Gasteiger partial charge in [-0.15, -0.1) is 18.5 Å². The van der Waals surface area contributed by atoms with Crippen LogP contribution in [0.1, 0.15) is 48.0 Å². The van der Waals surface area contributed by atoms with E-state index in [0.29, 0.717) is 10.3 Å². The molecule has 0 saturated carbocycles. The van der Waals surface area contributed by atoms with E-state index in [1.54, 1.807) is 0 Å². The molecule has 0 amide bonds. The summed E-state index contributed by atoms with van der Waals surface area (Å²) in [5.41, 5.74) is 0. The topological polar surface area (TPSA) is 0 Å². The second kappa shape index (κ2) is 4.59. The van der Waals surface area contributed by atoms with E-state index in [0.717, 1.165) is 11.8 Å². The molecule has 0 radical (unpaired) electrons. The van der Waals surface area contributed by atoms with Gasteiger partial charge in [-0.2, -0.15) is 0 Å². The molecule has 0 aliphatic carbocycles. The maximum Gasteiger partial charge on any atom is -0.0152 e. The van der Waals surface area contributed by atoms with Crippen LogP contribution in [0.3, 0.4) is 0 Å². The third kappa shape index (κ3) is 3.85. The molecule has 13 heavy (non-hydrogen) atoms. The summed E-state index contributed by atoms with van der Waals surface area (Å²) < 4.78 is 0. The molecule has 0 aromatic carbocycles. The standard InChI is InChI=1S/C11H26P2/c1-7-11(6,13)9(3)8(2)10(4,5)12/h8-9H,7,12-13H2,1-6H3. The Bertz CT molecular complexity index is 156. The van der Waals surface area contributed by atoms with Gasteiger partial charge in [-0.05, 0) is 28.6 Å². The Kier molecular flexibility index (Phi) is 4.89. The quantitative estimate of drug-likeness (QED) is 0.629. The molecule has 0 aromatic heterocycles. The third-order valence-electron chi connectivity index (χ3n) is 3.73. The minimum absolute atomic E-state index is 0.340. The predicted molar refractivity (Wildman–Crippen MR) is 70.5 cm³/mol. The monoisotopic (exact) mass is 220 g/mol. The second-order valence-corrected chi connectivity index (χ2v) is 8.07. The lowest BCUT2D eigenvalue weighted by molar-refractivity contribution is 0.260. The van der Waals surface area contributed by atoms with Gasteiger partial charge in [0.15, 0.2) is 0 Å². The molecule has 80 valence electrons. The minimum atomic E-state index is 0.340. The lowest BCUT2D eigenvalue weighted by Gasteiger charge is -2.41. The first-order chi connectivity index (χ1) is 5.63. The van der Waals surface area contributed by atoms with Crippen LogP contribution in [0, 0.1) is 11.8 Å². The van der Waals surface area contributed by atoms with Gasteiger partial charge in [0.05, 0.1) is 0 Å². The summed E-state index contributed by atoms with van der Waals surface area (Å²) in [7, 11) is 5.99. The predicted octanol–water partition coefficient (Wildman–Crippen LogP) is 3.96. The van der Waals surface area contributed by atoms with Crippen LogP contribution in [0.15, 0.2) is 0 Å². The van der Waals surface area contributed by atoms with Crippen LogP contribution >= 0.6 is 18.5 Å². The molecule has 0 rings (SSSR count). The smallest absolute Gasteiger partial charge is 0.0152 e. The molecule has 5 atom stereocenters. The van der Waals surface area contributed by atoms with Gasteiger partial charge in [0, 0.05) is 0 Å². The van der Waals surface area contributed by atoms with Crippen LogP contribution in [0.25, 0.3) is 0 Å². The Morgan fingerprint density at radius 3 is 1.62 bits per heavy atom. The summed E-state index contributed by atoms with van der Waals surface area (Å²) in [6.45, 7) is 13.9. The Morgan fingerprint density at radius 2 is 1.38 bits per heavy atom. The second-order valence-electron chi connectivity index (χ2n) is 5.26. The molecule has 0 saturated heterocycles. The lowest BCUT2D eigenvalue weighted by Crippen LogP contribution is -2.37. The van der Waals surface area contributed by atoms with Gasteiger partial charge in [-0.3, -0.25) is 0 Å². The van der Waals surface area contributed by atoms with E-state index in [1.165, 1.54) is 6.42 Å². The highest BCUT2D eigenvalue weighted by Crippen LogP contribution is 2.42. The molecule has 0 bridgehead atoms. The normalized spacial score (nSPS) is 22.2. The van der Waals surface area contributed by atoms with Gasteiger partial charge < -0.3 is 0 Å². The van der Waals surface area contributed by atoms with Crippen LogP contribution in [-0.4, -0.2) is 10.3 Å². The van der Waals surface area contributed by atoms with E-state index >= 15 is 0 Å². The van der Waals surface area contributed by atoms with Crippen molar-refractivity contribution in [2.75, 3.05) is 0 Å². The van der Waals surface area contributed by atoms with E-state index in [1.807, 2.05) is 0 Å². The summed E-state index contributed by atoms with van der Waals surface area (Å²) in [4.78, 5) is 0. The van der Waals surface area contributed by atoms with Crippen molar-refractivity contribution in [3.05, 3.63) is 0 Å². The molecular formula is C11H26P2. The maximum atomic E-state index is 3.02. The van der Waals surface area contributed by atoms with Gasteiger partial charge in [-0.25, -0.2) is 0 Å². The maximum absolute atomic E-state index is 3.02. The van der Waals surface area contributed by atoms with Crippen molar-refractivity contribution in [2.45, 2.75) is 58.3 Å². The van der Waals surface area contributed by atoms with Gasteiger partial charge in [0.25, 0.3) is 0 Å². The number of rotatable bonds is 4. The van der Waals surface area contributed by atoms with Crippen molar-refractivity contribution in [1.29, 1.82) is 0 Å². The highest BCUT2D eigenvalue weighted by molar-refractivity contribution is 7.19. The molecule has 0 aliphatic heterocycles. The number of hydrogen-bond donors (Lipinski definition) is 0. The van der Waals surface area contributed by atoms with Crippen molar-refractivity contribution < 1.29 is 0 Å². The van der Waals surface area contributed by atoms with E-state index in [4.69, 9.17) is 0 Å². The average Bonchev–Trinajstić information content (AvgIpc) is 2.00. The van der Waals surface area contributed by atoms with Gasteiger partial charge in [0.1, 0.15) is 0 Å². The van der Waals surface area contributed by atoms with Crippen molar-refractivity contribution in [1.82, 2.24) is 0 Å². The highest BCUT2D eigenvalue weighted by atomic mass is 31.0. The Hall–Kier alpha value is 0.860. The van der Waals surface area contributed by atoms with Gasteiger partial charge in [-0.1, -0.05) is 41.5 Å². The molecule has 0 nitrogen and oxygen atoms in total. The van der Waals surface area contributed by atoms with E-state index < -0.39 is 0 Å². The van der Waals surface area contributed by atoms with Crippen LogP contribution in [0.4, 0.5) is 0 Å². The molecule has 0 aromatic rings. The van der Waals surface area contributed by atoms with E-state index in [9.17, 15) is 0 Å². The van der Waals surface area contributed by atoms with Crippen molar-refractivity contribution in [3.8, 4) is 0 Å². The number of hydrogen-bond acceptors (Lipinski definition) is 0. The van der Waals surface area contributed by atoms with Crippen LogP contribution < -0.4 is 0 Å². The minimum Gasteiger partial charge on any atom is -0.131 e. The van der Waals surface area contributed by atoms with Crippen LogP contribution in [-0.2, 0) is 0 Å². The average molecular weight is 220 g/mol. The fourth-order valence-corrected chi connectivity index (χ4v) is 2.11. The molecule has 0 N–H and O–H groups in total. The molecule has 0 fully saturated rings. The Morgan fingerprint density at radius 1 is 1.00 bits per heavy atom. The molecule has 5 unspecified atom stereocenters. The zero-order chi connectivity index (χ0) is 10.9. The fourth-order valence-electron chi connectivity index (χ4n) is 1.54. The summed E-state index contributed by atoms with van der Waals surface area (Å²) in [6, 6.07) is 0. The fraction of sp³-hybridized carbons (Fsp3) is 1.00. The first-order valence-electron chi connectivity index (χ1n) is 5.20. The van der Waals surface area contributed by atoms with Crippen molar-refractivity contribution in [3.63, 3.8) is 0 Å². The summed E-state index contributed by atoms with van der Waals surface area (Å²) in [5, 5.41) is 0.722. The first kappa shape index (κ1) is 13.9. The highest BCUT2D eigenvalue weighted by Gasteiger charge is 2.34. The molecular weight excluding hydrogens is 194 g/mol. The molecule has 0 spiro atoms. The summed E-state index contributed by atoms with van der Waals surface area (Å²) in [5.74, 6) is 1.45. The van der Waals surface area contributed by atoms with E-state index in [-0.39, 0.29) is 0 Å². The lowest BCUT2D eigenvalue weighted by atomic mass is 9.77. The summed E-state index contributed by atoms with van der Waals surface area (Å²) in [6.07, 6.45) is 1.23. The van der Waals surface area contributed by atoms with E-state index in [2.05, 4.69) is 60.0 Å². The molecule has 0 aliphatic rings. The zero-order valence-corrected chi connectivity index (χ0v) is 12.3. The Balaban J connectivity index is 4.52.